The Hall–Kier alpha value is -3.15. The molecule has 0 atom stereocenters. The lowest BCUT2D eigenvalue weighted by molar-refractivity contribution is -0.115. The molecule has 0 aliphatic carbocycles. The number of esters is 1. The van der Waals surface area contributed by atoms with Gasteiger partial charge in [-0.3, -0.25) is 4.79 Å². The second-order valence-corrected chi connectivity index (χ2v) is 6.39. The van der Waals surface area contributed by atoms with Crippen molar-refractivity contribution in [3.63, 3.8) is 0 Å². The molecule has 0 aliphatic rings. The molecule has 1 aromatic heterocycles. The van der Waals surface area contributed by atoms with Crippen LogP contribution in [0, 0.1) is 6.92 Å². The summed E-state index contributed by atoms with van der Waals surface area (Å²) in [6, 6.07) is 12.5. The maximum absolute atomic E-state index is 12.5. The van der Waals surface area contributed by atoms with Crippen molar-refractivity contribution in [3.8, 4) is 0 Å². The topological polar surface area (TPSA) is 81.4 Å². The molecule has 0 spiro atoms. The highest BCUT2D eigenvalue weighted by Gasteiger charge is 2.17. The number of fused-ring (bicyclic) bond motifs is 1. The maximum atomic E-state index is 12.5. The second-order valence-electron chi connectivity index (χ2n) is 6.39. The van der Waals surface area contributed by atoms with Gasteiger partial charge >= 0.3 is 5.97 Å². The number of carbonyl (C=O) groups excluding carboxylic acids is 2. The Morgan fingerprint density at radius 1 is 1.19 bits per heavy atom. The van der Waals surface area contributed by atoms with Crippen LogP contribution in [0.2, 0.25) is 0 Å². The molecular weight excluding hydrogens is 344 g/mol. The van der Waals surface area contributed by atoms with Crippen LogP contribution in [-0.4, -0.2) is 23.6 Å². The third-order valence-electron chi connectivity index (χ3n) is 4.18. The molecule has 27 heavy (non-hydrogen) atoms. The first-order valence-corrected chi connectivity index (χ1v) is 8.99. The van der Waals surface area contributed by atoms with E-state index in [1.54, 1.807) is 24.3 Å². The van der Waals surface area contributed by atoms with E-state index in [1.807, 2.05) is 32.0 Å². The predicted molar refractivity (Wildman–Crippen MR) is 103 cm³/mol. The van der Waals surface area contributed by atoms with E-state index in [-0.39, 0.29) is 12.3 Å². The molecule has 140 valence electrons. The van der Waals surface area contributed by atoms with Crippen LogP contribution in [0.1, 0.15) is 41.4 Å². The Morgan fingerprint density at radius 2 is 2.00 bits per heavy atom. The number of aryl methyl sites for hydroxylation is 1. The molecule has 3 aromatic rings. The van der Waals surface area contributed by atoms with Crippen molar-refractivity contribution in [1.29, 1.82) is 0 Å². The third-order valence-corrected chi connectivity index (χ3v) is 4.18. The van der Waals surface area contributed by atoms with Gasteiger partial charge in [0.15, 0.2) is 5.58 Å². The number of hydrogen-bond acceptors (Lipinski definition) is 5. The molecule has 1 amide bonds. The second kappa shape index (κ2) is 8.49. The van der Waals surface area contributed by atoms with Gasteiger partial charge in [0.1, 0.15) is 5.69 Å². The SMILES string of the molecule is CCCCOC(=O)c1ccccc1NC(=O)Cc1noc2ccc(C)cc12. The first-order valence-electron chi connectivity index (χ1n) is 8.99. The Morgan fingerprint density at radius 3 is 2.81 bits per heavy atom. The van der Waals surface area contributed by atoms with E-state index in [2.05, 4.69) is 10.5 Å². The minimum Gasteiger partial charge on any atom is -0.462 e. The molecule has 0 aliphatic heterocycles. The fourth-order valence-corrected chi connectivity index (χ4v) is 2.73. The van der Waals surface area contributed by atoms with Crippen LogP contribution in [0.4, 0.5) is 5.69 Å². The molecule has 2 aromatic carbocycles. The molecule has 0 bridgehead atoms. The first-order chi connectivity index (χ1) is 13.1. The molecule has 1 heterocycles. The number of anilines is 1. The van der Waals surface area contributed by atoms with Gasteiger partial charge in [-0.15, -0.1) is 0 Å². The fourth-order valence-electron chi connectivity index (χ4n) is 2.73. The Bertz CT molecular complexity index is 962. The van der Waals surface area contributed by atoms with Crippen molar-refractivity contribution >= 4 is 28.5 Å². The number of para-hydroxylation sites is 1. The van der Waals surface area contributed by atoms with Gasteiger partial charge in [-0.25, -0.2) is 4.79 Å². The zero-order chi connectivity index (χ0) is 19.2. The summed E-state index contributed by atoms with van der Waals surface area (Å²) in [6.07, 6.45) is 1.80. The Balaban J connectivity index is 1.72. The highest BCUT2D eigenvalue weighted by Crippen LogP contribution is 2.21. The minimum absolute atomic E-state index is 0.0513. The molecule has 6 nitrogen and oxygen atoms in total. The number of unbranched alkanes of at least 4 members (excludes halogenated alkanes) is 1. The monoisotopic (exact) mass is 366 g/mol. The zero-order valence-corrected chi connectivity index (χ0v) is 15.5. The highest BCUT2D eigenvalue weighted by atomic mass is 16.5. The van der Waals surface area contributed by atoms with E-state index in [9.17, 15) is 9.59 Å². The number of rotatable bonds is 7. The molecule has 0 radical (unpaired) electrons. The lowest BCUT2D eigenvalue weighted by Crippen LogP contribution is -2.18. The highest BCUT2D eigenvalue weighted by molar-refractivity contribution is 6.02. The van der Waals surface area contributed by atoms with Crippen LogP contribution in [0.15, 0.2) is 47.0 Å². The first kappa shape index (κ1) is 18.6. The quantitative estimate of drug-likeness (QED) is 0.499. The normalized spacial score (nSPS) is 10.7. The van der Waals surface area contributed by atoms with E-state index >= 15 is 0 Å². The van der Waals surface area contributed by atoms with Crippen LogP contribution >= 0.6 is 0 Å². The van der Waals surface area contributed by atoms with Crippen molar-refractivity contribution in [2.45, 2.75) is 33.1 Å². The van der Waals surface area contributed by atoms with Gasteiger partial charge in [0, 0.05) is 5.39 Å². The summed E-state index contributed by atoms with van der Waals surface area (Å²) in [6.45, 7) is 4.36. The van der Waals surface area contributed by atoms with E-state index in [0.717, 1.165) is 23.8 Å². The molecule has 0 saturated heterocycles. The average molecular weight is 366 g/mol. The number of nitrogens with zero attached hydrogens (tertiary/aromatic N) is 1. The van der Waals surface area contributed by atoms with Gasteiger partial charge in [0.25, 0.3) is 0 Å². The van der Waals surface area contributed by atoms with Crippen molar-refractivity contribution in [3.05, 3.63) is 59.3 Å². The van der Waals surface area contributed by atoms with Crippen molar-refractivity contribution in [1.82, 2.24) is 5.16 Å². The van der Waals surface area contributed by atoms with Crippen LogP contribution in [0.3, 0.4) is 0 Å². The molecule has 0 saturated carbocycles. The molecule has 0 fully saturated rings. The van der Waals surface area contributed by atoms with E-state index < -0.39 is 5.97 Å². The van der Waals surface area contributed by atoms with E-state index in [1.165, 1.54) is 0 Å². The molecule has 3 rings (SSSR count). The standard InChI is InChI=1S/C21H22N2O4/c1-3-4-11-26-21(25)15-7-5-6-8-17(15)22-20(24)13-18-16-12-14(2)9-10-19(16)27-23-18/h5-10,12H,3-4,11,13H2,1-2H3,(H,22,24). The number of nitrogens with one attached hydrogen (secondary N) is 1. The van der Waals surface area contributed by atoms with Crippen molar-refractivity contribution in [2.24, 2.45) is 0 Å². The summed E-state index contributed by atoms with van der Waals surface area (Å²) in [5.41, 5.74) is 3.03. The van der Waals surface area contributed by atoms with Crippen LogP contribution in [0.25, 0.3) is 11.0 Å². The van der Waals surface area contributed by atoms with Crippen molar-refractivity contribution < 1.29 is 18.8 Å². The average Bonchev–Trinajstić information content (AvgIpc) is 3.04. The third kappa shape index (κ3) is 4.53. The smallest absolute Gasteiger partial charge is 0.340 e. The Labute approximate surface area is 157 Å². The summed E-state index contributed by atoms with van der Waals surface area (Å²) in [4.78, 5) is 24.7. The summed E-state index contributed by atoms with van der Waals surface area (Å²) in [5, 5.41) is 7.59. The number of ether oxygens (including phenoxy) is 1. The lowest BCUT2D eigenvalue weighted by atomic mass is 10.1. The fraction of sp³-hybridized carbons (Fsp3) is 0.286. The lowest BCUT2D eigenvalue weighted by Gasteiger charge is -2.10. The summed E-state index contributed by atoms with van der Waals surface area (Å²) in [5.74, 6) is -0.720. The molecule has 6 heteroatoms. The molecular formula is C21H22N2O4. The summed E-state index contributed by atoms with van der Waals surface area (Å²) < 4.78 is 10.5. The number of carbonyl (C=O) groups is 2. The van der Waals surface area contributed by atoms with Gasteiger partial charge in [0.05, 0.1) is 24.3 Å². The van der Waals surface area contributed by atoms with Crippen LogP contribution in [-0.2, 0) is 16.0 Å². The van der Waals surface area contributed by atoms with Gasteiger partial charge in [-0.2, -0.15) is 0 Å². The van der Waals surface area contributed by atoms with Gasteiger partial charge in [-0.05, 0) is 37.6 Å². The predicted octanol–water partition coefficient (Wildman–Crippen LogP) is 4.27. The van der Waals surface area contributed by atoms with Gasteiger partial charge < -0.3 is 14.6 Å². The summed E-state index contributed by atoms with van der Waals surface area (Å²) >= 11 is 0. The number of amides is 1. The number of hydrogen-bond donors (Lipinski definition) is 1. The molecule has 0 unspecified atom stereocenters. The summed E-state index contributed by atoms with van der Waals surface area (Å²) in [7, 11) is 0. The van der Waals surface area contributed by atoms with E-state index in [0.29, 0.717) is 29.1 Å². The van der Waals surface area contributed by atoms with Crippen molar-refractivity contribution in [2.75, 3.05) is 11.9 Å². The Kier molecular flexibility index (Phi) is 5.86. The maximum Gasteiger partial charge on any atom is 0.340 e. The number of benzene rings is 2. The minimum atomic E-state index is -0.443. The van der Waals surface area contributed by atoms with Gasteiger partial charge in [0.2, 0.25) is 5.91 Å². The van der Waals surface area contributed by atoms with E-state index in [4.69, 9.17) is 9.26 Å². The molecule has 1 N–H and O–H groups in total. The number of aromatic nitrogens is 1. The zero-order valence-electron chi connectivity index (χ0n) is 15.5. The van der Waals surface area contributed by atoms with Crippen LogP contribution in [0.5, 0.6) is 0 Å². The van der Waals surface area contributed by atoms with Crippen LogP contribution < -0.4 is 5.32 Å². The van der Waals surface area contributed by atoms with Gasteiger partial charge in [-0.1, -0.05) is 42.3 Å². The largest absolute Gasteiger partial charge is 0.462 e.